The fourth-order valence-corrected chi connectivity index (χ4v) is 4.61. The van der Waals surface area contributed by atoms with Crippen molar-refractivity contribution in [1.82, 2.24) is 9.88 Å². The van der Waals surface area contributed by atoms with Crippen molar-refractivity contribution < 1.29 is 14.3 Å². The van der Waals surface area contributed by atoms with Gasteiger partial charge in [-0.25, -0.2) is 4.98 Å². The van der Waals surface area contributed by atoms with E-state index >= 15 is 0 Å². The lowest BCUT2D eigenvalue weighted by Crippen LogP contribution is -2.43. The van der Waals surface area contributed by atoms with Crippen molar-refractivity contribution in [3.05, 3.63) is 59.2 Å². The normalized spacial score (nSPS) is 14.7. The zero-order valence-electron chi connectivity index (χ0n) is 17.3. The highest BCUT2D eigenvalue weighted by atomic mass is 32.1. The molecule has 0 saturated carbocycles. The van der Waals surface area contributed by atoms with Crippen molar-refractivity contribution in [3.63, 3.8) is 0 Å². The smallest absolute Gasteiger partial charge is 0.260 e. The monoisotopic (exact) mass is 423 g/mol. The zero-order chi connectivity index (χ0) is 21.1. The molecule has 2 aromatic carbocycles. The van der Waals surface area contributed by atoms with Crippen LogP contribution in [0.1, 0.15) is 33.2 Å². The van der Waals surface area contributed by atoms with Crippen LogP contribution in [-0.2, 0) is 4.74 Å². The van der Waals surface area contributed by atoms with Gasteiger partial charge in [-0.15, -0.1) is 0 Å². The maximum absolute atomic E-state index is 13.4. The SMILES string of the molecule is CC(=O)c1ccc(C(=O)N(CCN2CCOCC2)c2nc3c(C)cccc3s2)cc1. The second kappa shape index (κ2) is 9.04. The van der Waals surface area contributed by atoms with Crippen LogP contribution in [0.2, 0.25) is 0 Å². The molecular weight excluding hydrogens is 398 g/mol. The van der Waals surface area contributed by atoms with Gasteiger partial charge < -0.3 is 4.74 Å². The molecule has 1 aliphatic rings. The molecule has 0 radical (unpaired) electrons. The van der Waals surface area contributed by atoms with Crippen LogP contribution >= 0.6 is 11.3 Å². The first-order valence-corrected chi connectivity index (χ1v) is 10.9. The number of amides is 1. The number of morpholine rings is 1. The molecule has 7 heteroatoms. The lowest BCUT2D eigenvalue weighted by atomic mass is 10.1. The van der Waals surface area contributed by atoms with Gasteiger partial charge in [-0.05, 0) is 37.6 Å². The van der Waals surface area contributed by atoms with E-state index in [4.69, 9.17) is 9.72 Å². The van der Waals surface area contributed by atoms with Crippen LogP contribution in [0, 0.1) is 6.92 Å². The van der Waals surface area contributed by atoms with Crippen molar-refractivity contribution >= 4 is 38.4 Å². The predicted octanol–water partition coefficient (Wildman–Crippen LogP) is 3.79. The van der Waals surface area contributed by atoms with E-state index in [-0.39, 0.29) is 11.7 Å². The van der Waals surface area contributed by atoms with E-state index in [1.807, 2.05) is 25.1 Å². The molecule has 156 valence electrons. The summed E-state index contributed by atoms with van der Waals surface area (Å²) < 4.78 is 6.50. The molecule has 1 saturated heterocycles. The van der Waals surface area contributed by atoms with Gasteiger partial charge in [0.25, 0.3) is 5.91 Å². The molecule has 1 aliphatic heterocycles. The van der Waals surface area contributed by atoms with Crippen LogP contribution in [-0.4, -0.2) is 61.0 Å². The molecule has 1 fully saturated rings. The van der Waals surface area contributed by atoms with Crippen molar-refractivity contribution in [3.8, 4) is 0 Å². The summed E-state index contributed by atoms with van der Waals surface area (Å²) in [5.41, 5.74) is 3.19. The van der Waals surface area contributed by atoms with Gasteiger partial charge in [0.2, 0.25) is 0 Å². The van der Waals surface area contributed by atoms with E-state index in [0.717, 1.165) is 48.6 Å². The van der Waals surface area contributed by atoms with E-state index in [9.17, 15) is 9.59 Å². The van der Waals surface area contributed by atoms with Gasteiger partial charge in [-0.1, -0.05) is 35.6 Å². The van der Waals surface area contributed by atoms with Crippen molar-refractivity contribution in [2.45, 2.75) is 13.8 Å². The highest BCUT2D eigenvalue weighted by Crippen LogP contribution is 2.31. The quantitative estimate of drug-likeness (QED) is 0.565. The van der Waals surface area contributed by atoms with Gasteiger partial charge in [0.05, 0.1) is 23.4 Å². The summed E-state index contributed by atoms with van der Waals surface area (Å²) in [5, 5.41) is 0.702. The van der Waals surface area contributed by atoms with Crippen LogP contribution in [0.25, 0.3) is 10.2 Å². The highest BCUT2D eigenvalue weighted by molar-refractivity contribution is 7.22. The van der Waals surface area contributed by atoms with Gasteiger partial charge in [0.15, 0.2) is 10.9 Å². The fourth-order valence-electron chi connectivity index (χ4n) is 3.54. The number of Topliss-reactive ketones (excluding diaryl/α,β-unsaturated/α-hetero) is 1. The number of nitrogens with zero attached hydrogens (tertiary/aromatic N) is 3. The largest absolute Gasteiger partial charge is 0.379 e. The first-order valence-electron chi connectivity index (χ1n) is 10.1. The van der Waals surface area contributed by atoms with Crippen LogP contribution in [0.3, 0.4) is 0 Å². The molecule has 3 aromatic rings. The molecule has 0 aliphatic carbocycles. The second-order valence-corrected chi connectivity index (χ2v) is 8.47. The minimum atomic E-state index is -0.102. The molecule has 0 unspecified atom stereocenters. The number of ketones is 1. The van der Waals surface area contributed by atoms with Crippen molar-refractivity contribution in [1.29, 1.82) is 0 Å². The van der Waals surface area contributed by atoms with Crippen LogP contribution in [0.15, 0.2) is 42.5 Å². The number of benzene rings is 2. The third kappa shape index (κ3) is 4.43. The Hall–Kier alpha value is -2.61. The van der Waals surface area contributed by atoms with Crippen LogP contribution in [0.4, 0.5) is 5.13 Å². The van der Waals surface area contributed by atoms with Gasteiger partial charge in [0, 0.05) is 37.3 Å². The minimum absolute atomic E-state index is 0.0141. The summed E-state index contributed by atoms with van der Waals surface area (Å²) in [7, 11) is 0. The number of fused-ring (bicyclic) bond motifs is 1. The number of rotatable bonds is 6. The topological polar surface area (TPSA) is 62.7 Å². The Bertz CT molecular complexity index is 1060. The summed E-state index contributed by atoms with van der Waals surface area (Å²) >= 11 is 1.53. The predicted molar refractivity (Wildman–Crippen MR) is 120 cm³/mol. The molecule has 2 heterocycles. The summed E-state index contributed by atoms with van der Waals surface area (Å²) in [5.74, 6) is -0.116. The molecule has 0 bridgehead atoms. The Kier molecular flexibility index (Phi) is 6.22. The maximum Gasteiger partial charge on any atom is 0.260 e. The Labute approximate surface area is 180 Å². The molecule has 30 heavy (non-hydrogen) atoms. The van der Waals surface area contributed by atoms with Gasteiger partial charge in [0.1, 0.15) is 0 Å². The minimum Gasteiger partial charge on any atom is -0.379 e. The first kappa shape index (κ1) is 20.7. The number of aromatic nitrogens is 1. The standard InChI is InChI=1S/C23H25N3O3S/c1-16-4-3-5-20-21(16)24-23(30-20)26(11-10-25-12-14-29-15-13-25)22(28)19-8-6-18(7-9-19)17(2)27/h3-9H,10-15H2,1-2H3. The number of anilines is 1. The maximum atomic E-state index is 13.4. The Morgan fingerprint density at radius 2 is 1.80 bits per heavy atom. The zero-order valence-corrected chi connectivity index (χ0v) is 18.1. The Balaban J connectivity index is 1.63. The number of hydrogen-bond acceptors (Lipinski definition) is 6. The molecule has 0 spiro atoms. The summed E-state index contributed by atoms with van der Waals surface area (Å²) in [6, 6.07) is 12.9. The molecule has 0 N–H and O–H groups in total. The average Bonchev–Trinajstić information content (AvgIpc) is 3.20. The molecule has 0 atom stereocenters. The lowest BCUT2D eigenvalue weighted by Gasteiger charge is -2.29. The van der Waals surface area contributed by atoms with Crippen molar-refractivity contribution in [2.75, 3.05) is 44.3 Å². The molecule has 1 aromatic heterocycles. The molecule has 1 amide bonds. The van der Waals surface area contributed by atoms with E-state index in [1.54, 1.807) is 29.2 Å². The molecule has 4 rings (SSSR count). The Morgan fingerprint density at radius 3 is 2.47 bits per heavy atom. The van der Waals surface area contributed by atoms with Gasteiger partial charge in [-0.2, -0.15) is 0 Å². The number of para-hydroxylation sites is 1. The highest BCUT2D eigenvalue weighted by Gasteiger charge is 2.23. The number of hydrogen-bond donors (Lipinski definition) is 0. The Morgan fingerprint density at radius 1 is 1.10 bits per heavy atom. The number of aryl methyl sites for hydroxylation is 1. The van der Waals surface area contributed by atoms with E-state index in [2.05, 4.69) is 4.90 Å². The second-order valence-electron chi connectivity index (χ2n) is 7.46. The van der Waals surface area contributed by atoms with E-state index < -0.39 is 0 Å². The van der Waals surface area contributed by atoms with Gasteiger partial charge >= 0.3 is 0 Å². The third-order valence-electron chi connectivity index (χ3n) is 5.37. The van der Waals surface area contributed by atoms with Crippen LogP contribution in [0.5, 0.6) is 0 Å². The molecular formula is C23H25N3O3S. The summed E-state index contributed by atoms with van der Waals surface area (Å²) in [4.78, 5) is 33.9. The van der Waals surface area contributed by atoms with Crippen molar-refractivity contribution in [2.24, 2.45) is 0 Å². The van der Waals surface area contributed by atoms with Crippen LogP contribution < -0.4 is 4.90 Å². The number of thiazole rings is 1. The summed E-state index contributed by atoms with van der Waals surface area (Å²) in [6.45, 7) is 8.05. The number of carbonyl (C=O) groups is 2. The third-order valence-corrected chi connectivity index (χ3v) is 6.41. The van der Waals surface area contributed by atoms with Gasteiger partial charge in [-0.3, -0.25) is 19.4 Å². The fraction of sp³-hybridized carbons (Fsp3) is 0.348. The number of carbonyl (C=O) groups excluding carboxylic acids is 2. The lowest BCUT2D eigenvalue weighted by molar-refractivity contribution is 0.0391. The van der Waals surface area contributed by atoms with E-state index in [1.165, 1.54) is 18.3 Å². The number of ether oxygens (including phenoxy) is 1. The molecule has 6 nitrogen and oxygen atoms in total. The summed E-state index contributed by atoms with van der Waals surface area (Å²) in [6.07, 6.45) is 0. The first-order chi connectivity index (χ1) is 14.5. The van der Waals surface area contributed by atoms with E-state index in [0.29, 0.717) is 22.8 Å². The average molecular weight is 424 g/mol.